The highest BCUT2D eigenvalue weighted by Crippen LogP contribution is 2.39. The molecule has 2 aromatic heterocycles. The third kappa shape index (κ3) is 5.29. The van der Waals surface area contributed by atoms with E-state index in [1.54, 1.807) is 12.1 Å². The van der Waals surface area contributed by atoms with E-state index in [0.717, 1.165) is 59.3 Å². The van der Waals surface area contributed by atoms with E-state index in [2.05, 4.69) is 23.3 Å². The van der Waals surface area contributed by atoms with Gasteiger partial charge in [0.1, 0.15) is 17.9 Å². The number of nitrogens with zero attached hydrogens (tertiary/aromatic N) is 4. The summed E-state index contributed by atoms with van der Waals surface area (Å²) in [5.41, 5.74) is 7.15. The summed E-state index contributed by atoms with van der Waals surface area (Å²) in [5, 5.41) is 13.0. The lowest BCUT2D eigenvalue weighted by Gasteiger charge is -2.18. The van der Waals surface area contributed by atoms with Gasteiger partial charge in [-0.15, -0.1) is 0 Å². The third-order valence-electron chi connectivity index (χ3n) is 8.76. The van der Waals surface area contributed by atoms with Crippen LogP contribution in [0.1, 0.15) is 76.1 Å². The minimum Gasteiger partial charge on any atom is -0.435 e. The lowest BCUT2D eigenvalue weighted by Crippen LogP contribution is -2.18. The fourth-order valence-electron chi connectivity index (χ4n) is 6.25. The second-order valence-corrected chi connectivity index (χ2v) is 11.7. The Labute approximate surface area is 260 Å². The average Bonchev–Trinajstić information content (AvgIpc) is 3.58. The lowest BCUT2D eigenvalue weighted by atomic mass is 9.90. The highest BCUT2D eigenvalue weighted by Gasteiger charge is 2.24. The van der Waals surface area contributed by atoms with Crippen LogP contribution in [0, 0.1) is 24.2 Å². The second-order valence-electron chi connectivity index (χ2n) is 11.4. The van der Waals surface area contributed by atoms with Gasteiger partial charge in [0.2, 0.25) is 5.89 Å². The summed E-state index contributed by atoms with van der Waals surface area (Å²) in [4.78, 5) is 34.2. The van der Waals surface area contributed by atoms with E-state index < -0.39 is 0 Å². The number of benzene rings is 3. The Morgan fingerprint density at radius 3 is 2.68 bits per heavy atom. The molecule has 1 atom stereocenters. The lowest BCUT2D eigenvalue weighted by molar-refractivity contribution is 0.101. The Bertz CT molecular complexity index is 1970. The largest absolute Gasteiger partial charge is 0.435 e. The van der Waals surface area contributed by atoms with E-state index in [4.69, 9.17) is 21.0 Å². The van der Waals surface area contributed by atoms with Crippen molar-refractivity contribution < 1.29 is 14.0 Å². The highest BCUT2D eigenvalue weighted by molar-refractivity contribution is 6.36. The molecular formula is C35H32ClN5O3. The Hall–Kier alpha value is -4.74. The van der Waals surface area contributed by atoms with Crippen LogP contribution in [0.25, 0.3) is 33.7 Å². The smallest absolute Gasteiger partial charge is 0.291 e. The molecule has 1 N–H and O–H groups in total. The van der Waals surface area contributed by atoms with Crippen molar-refractivity contribution in [3.8, 4) is 28.7 Å². The number of aldehydes is 1. The number of carbonyl (C=O) groups is 2. The van der Waals surface area contributed by atoms with Gasteiger partial charge in [-0.05, 0) is 73.9 Å². The molecule has 1 amide bonds. The van der Waals surface area contributed by atoms with Gasteiger partial charge in [-0.2, -0.15) is 5.26 Å². The van der Waals surface area contributed by atoms with Gasteiger partial charge >= 0.3 is 0 Å². The molecule has 8 nitrogen and oxygen atoms in total. The first-order chi connectivity index (χ1) is 21.3. The summed E-state index contributed by atoms with van der Waals surface area (Å²) in [6.45, 7) is 4.19. The topological polar surface area (TPSA) is 114 Å². The number of imidazole rings is 1. The molecule has 6 rings (SSSR count). The van der Waals surface area contributed by atoms with Gasteiger partial charge in [-0.3, -0.25) is 9.59 Å². The van der Waals surface area contributed by atoms with Gasteiger partial charge in [-0.1, -0.05) is 55.6 Å². The van der Waals surface area contributed by atoms with E-state index >= 15 is 0 Å². The summed E-state index contributed by atoms with van der Waals surface area (Å²) in [7, 11) is 1.92. The zero-order valence-corrected chi connectivity index (χ0v) is 25.7. The van der Waals surface area contributed by atoms with Gasteiger partial charge in [0, 0.05) is 29.4 Å². The number of hydrogen-bond acceptors (Lipinski definition) is 6. The second kappa shape index (κ2) is 12.1. The molecule has 1 unspecified atom stereocenters. The maximum atomic E-state index is 13.5. The summed E-state index contributed by atoms with van der Waals surface area (Å²) >= 11 is 6.95. The van der Waals surface area contributed by atoms with E-state index in [-0.39, 0.29) is 11.5 Å². The molecule has 0 radical (unpaired) electrons. The number of oxazole rings is 1. The number of aromatic nitrogens is 3. The SMILES string of the molecule is CCC1CCCc2nc(C(=O)Nc3cccc(-c4cccc(-c5nc6cc(C=O)cc(C#N)c6o5)c4C)c3Cl)n(C)c2CC1. The van der Waals surface area contributed by atoms with Crippen molar-refractivity contribution in [2.24, 2.45) is 13.0 Å². The van der Waals surface area contributed by atoms with Gasteiger partial charge < -0.3 is 14.3 Å². The molecule has 1 aliphatic carbocycles. The number of rotatable bonds is 6. The fourth-order valence-corrected chi connectivity index (χ4v) is 6.53. The molecule has 222 valence electrons. The predicted octanol–water partition coefficient (Wildman–Crippen LogP) is 8.09. The van der Waals surface area contributed by atoms with E-state index in [0.29, 0.717) is 51.3 Å². The van der Waals surface area contributed by atoms with Crippen LogP contribution >= 0.6 is 11.6 Å². The number of hydrogen-bond donors (Lipinski definition) is 1. The molecule has 1 aliphatic rings. The molecule has 0 bridgehead atoms. The van der Waals surface area contributed by atoms with Crippen molar-refractivity contribution in [2.75, 3.05) is 5.32 Å². The predicted molar refractivity (Wildman–Crippen MR) is 171 cm³/mol. The summed E-state index contributed by atoms with van der Waals surface area (Å²) in [6, 6.07) is 16.4. The number of amides is 1. The van der Waals surface area contributed by atoms with Crippen LogP contribution in [0.15, 0.2) is 52.9 Å². The Morgan fingerprint density at radius 1 is 1.14 bits per heavy atom. The quantitative estimate of drug-likeness (QED) is 0.196. The zero-order valence-electron chi connectivity index (χ0n) is 24.9. The summed E-state index contributed by atoms with van der Waals surface area (Å²) in [6.07, 6.45) is 7.06. The number of carbonyl (C=O) groups excluding carboxylic acids is 2. The normalized spacial score (nSPS) is 14.8. The molecule has 2 heterocycles. The highest BCUT2D eigenvalue weighted by atomic mass is 35.5. The van der Waals surface area contributed by atoms with Crippen molar-refractivity contribution in [1.82, 2.24) is 14.5 Å². The Morgan fingerprint density at radius 2 is 1.91 bits per heavy atom. The van der Waals surface area contributed by atoms with Crippen LogP contribution in [0.4, 0.5) is 5.69 Å². The summed E-state index contributed by atoms with van der Waals surface area (Å²) < 4.78 is 7.96. The zero-order chi connectivity index (χ0) is 31.0. The van der Waals surface area contributed by atoms with Gasteiger partial charge in [0.05, 0.1) is 22.0 Å². The molecule has 0 spiro atoms. The van der Waals surface area contributed by atoms with Crippen molar-refractivity contribution in [3.63, 3.8) is 0 Å². The monoisotopic (exact) mass is 605 g/mol. The van der Waals surface area contributed by atoms with E-state index in [9.17, 15) is 14.9 Å². The maximum Gasteiger partial charge on any atom is 0.291 e. The molecule has 9 heteroatoms. The molecule has 0 saturated heterocycles. The third-order valence-corrected chi connectivity index (χ3v) is 9.17. The number of anilines is 1. The molecule has 44 heavy (non-hydrogen) atoms. The number of nitrogens with one attached hydrogen (secondary N) is 1. The average molecular weight is 606 g/mol. The first kappa shape index (κ1) is 29.3. The first-order valence-electron chi connectivity index (χ1n) is 14.9. The number of fused-ring (bicyclic) bond motifs is 2. The fraction of sp³-hybridized carbons (Fsp3) is 0.286. The molecule has 3 aromatic carbocycles. The van der Waals surface area contributed by atoms with Crippen LogP contribution in [-0.4, -0.2) is 26.7 Å². The van der Waals surface area contributed by atoms with Crippen molar-refractivity contribution in [2.45, 2.75) is 52.4 Å². The van der Waals surface area contributed by atoms with Crippen LogP contribution < -0.4 is 5.32 Å². The van der Waals surface area contributed by atoms with Gasteiger partial charge in [-0.25, -0.2) is 9.97 Å². The van der Waals surface area contributed by atoms with Gasteiger partial charge in [0.15, 0.2) is 11.4 Å². The number of halogens is 1. The van der Waals surface area contributed by atoms with Crippen LogP contribution in [0.3, 0.4) is 0 Å². The maximum absolute atomic E-state index is 13.5. The summed E-state index contributed by atoms with van der Waals surface area (Å²) in [5.74, 6) is 1.13. The molecule has 0 fully saturated rings. The molecule has 0 saturated carbocycles. The first-order valence-corrected chi connectivity index (χ1v) is 15.2. The number of nitriles is 1. The Balaban J connectivity index is 1.32. The van der Waals surface area contributed by atoms with Crippen molar-refractivity contribution in [3.05, 3.63) is 87.5 Å². The molecule has 5 aromatic rings. The molecule has 0 aliphatic heterocycles. The standard InChI is InChI=1S/C35H32ClN5O3/c1-4-21-8-5-12-27-30(15-14-21)41(3)33(38-27)34(43)39-28-13-7-11-26(31(28)36)24-9-6-10-25(20(24)2)35-40-29-17-22(19-42)16-23(18-37)32(29)44-35/h6-7,9-11,13,16-17,19,21H,4-5,8,12,14-15H2,1-3H3,(H,39,43). The minimum absolute atomic E-state index is 0.244. The minimum atomic E-state index is -0.301. The van der Waals surface area contributed by atoms with E-state index in [1.165, 1.54) is 18.9 Å². The van der Waals surface area contributed by atoms with Crippen molar-refractivity contribution in [1.29, 1.82) is 5.26 Å². The number of aryl methyl sites for hydroxylation is 1. The van der Waals surface area contributed by atoms with Crippen LogP contribution in [0.2, 0.25) is 5.02 Å². The van der Waals surface area contributed by atoms with Crippen molar-refractivity contribution >= 4 is 40.6 Å². The van der Waals surface area contributed by atoms with Crippen LogP contribution in [-0.2, 0) is 19.9 Å². The van der Waals surface area contributed by atoms with Crippen LogP contribution in [0.5, 0.6) is 0 Å². The molecular weight excluding hydrogens is 574 g/mol. The van der Waals surface area contributed by atoms with E-state index in [1.807, 2.05) is 48.9 Å². The Kier molecular flexibility index (Phi) is 8.07. The van der Waals surface area contributed by atoms with Gasteiger partial charge in [0.25, 0.3) is 5.91 Å².